The Bertz CT molecular complexity index is 1330. The lowest BCUT2D eigenvalue weighted by atomic mass is 10.1. The molecule has 0 aliphatic rings. The molecule has 0 saturated carbocycles. The number of nitrogens with two attached hydrogens (primary N) is 1. The standard InChI is InChI=1S/C21H13F5N4O2/c22-11-5-4-10(14(23)8-11)9-28-19(31)17-18(27)32-20(30-17)13-2-1-3-15-12(13)6-7-16(29-15)21(24,25)26/h1-8H,9,27H2,(H,28,31). The van der Waals surface area contributed by atoms with Crippen LogP contribution in [0, 0.1) is 11.6 Å². The summed E-state index contributed by atoms with van der Waals surface area (Å²) in [7, 11) is 0. The predicted molar refractivity (Wildman–Crippen MR) is 104 cm³/mol. The number of fused-ring (bicyclic) bond motifs is 1. The van der Waals surface area contributed by atoms with E-state index in [1.54, 1.807) is 0 Å². The Balaban J connectivity index is 1.62. The maximum absolute atomic E-state index is 13.7. The highest BCUT2D eigenvalue weighted by Crippen LogP contribution is 2.33. The molecule has 0 unspecified atom stereocenters. The second-order valence-electron chi connectivity index (χ2n) is 6.72. The van der Waals surface area contributed by atoms with E-state index < -0.39 is 29.4 Å². The molecule has 2 aromatic carbocycles. The first kappa shape index (κ1) is 21.2. The number of alkyl halides is 3. The summed E-state index contributed by atoms with van der Waals surface area (Å²) in [4.78, 5) is 20.1. The third-order valence-electron chi connectivity index (χ3n) is 4.58. The Kier molecular flexibility index (Phi) is 5.25. The van der Waals surface area contributed by atoms with E-state index in [-0.39, 0.29) is 40.7 Å². The van der Waals surface area contributed by atoms with Crippen LogP contribution in [0.25, 0.3) is 22.4 Å². The van der Waals surface area contributed by atoms with Gasteiger partial charge in [-0.3, -0.25) is 4.79 Å². The van der Waals surface area contributed by atoms with Gasteiger partial charge in [-0.15, -0.1) is 0 Å². The van der Waals surface area contributed by atoms with Gasteiger partial charge in [0.2, 0.25) is 11.8 Å². The first-order chi connectivity index (χ1) is 15.1. The summed E-state index contributed by atoms with van der Waals surface area (Å²) < 4.78 is 70.9. The average Bonchev–Trinajstić information content (AvgIpc) is 3.13. The number of amides is 1. The van der Waals surface area contributed by atoms with Crippen molar-refractivity contribution < 1.29 is 31.2 Å². The number of nitrogen functional groups attached to an aromatic ring is 1. The van der Waals surface area contributed by atoms with Gasteiger partial charge in [0, 0.05) is 29.1 Å². The van der Waals surface area contributed by atoms with Gasteiger partial charge in [-0.05, 0) is 30.3 Å². The van der Waals surface area contributed by atoms with Crippen LogP contribution in [0.4, 0.5) is 27.8 Å². The van der Waals surface area contributed by atoms with E-state index in [1.807, 2.05) is 0 Å². The lowest BCUT2D eigenvalue weighted by molar-refractivity contribution is -0.140. The van der Waals surface area contributed by atoms with Crippen molar-refractivity contribution in [3.63, 3.8) is 0 Å². The zero-order chi connectivity index (χ0) is 23.0. The van der Waals surface area contributed by atoms with E-state index in [0.29, 0.717) is 11.5 Å². The van der Waals surface area contributed by atoms with Crippen LogP contribution < -0.4 is 11.1 Å². The lowest BCUT2D eigenvalue weighted by Gasteiger charge is -2.08. The summed E-state index contributed by atoms with van der Waals surface area (Å²) in [5.41, 5.74) is 4.77. The Morgan fingerprint density at radius 3 is 2.56 bits per heavy atom. The monoisotopic (exact) mass is 448 g/mol. The van der Waals surface area contributed by atoms with Crippen molar-refractivity contribution in [2.75, 3.05) is 5.73 Å². The van der Waals surface area contributed by atoms with E-state index in [4.69, 9.17) is 10.2 Å². The summed E-state index contributed by atoms with van der Waals surface area (Å²) in [6.45, 7) is -0.259. The molecule has 6 nitrogen and oxygen atoms in total. The molecule has 4 aromatic rings. The van der Waals surface area contributed by atoms with Gasteiger partial charge in [0.1, 0.15) is 17.3 Å². The van der Waals surface area contributed by atoms with Crippen molar-refractivity contribution in [1.82, 2.24) is 15.3 Å². The summed E-state index contributed by atoms with van der Waals surface area (Å²) >= 11 is 0. The molecule has 2 heterocycles. The number of rotatable bonds is 4. The number of oxazole rings is 1. The van der Waals surface area contributed by atoms with Crippen LogP contribution in [0.3, 0.4) is 0 Å². The van der Waals surface area contributed by atoms with Crippen LogP contribution in [0.2, 0.25) is 0 Å². The topological polar surface area (TPSA) is 94.0 Å². The molecule has 4 rings (SSSR count). The first-order valence-electron chi connectivity index (χ1n) is 9.09. The Morgan fingerprint density at radius 1 is 1.06 bits per heavy atom. The predicted octanol–water partition coefficient (Wildman–Crippen LogP) is 4.70. The molecule has 0 fully saturated rings. The fourth-order valence-electron chi connectivity index (χ4n) is 3.03. The molecular formula is C21H13F5N4O2. The van der Waals surface area contributed by atoms with E-state index in [1.165, 1.54) is 30.3 Å². The van der Waals surface area contributed by atoms with Gasteiger partial charge in [0.25, 0.3) is 5.91 Å². The summed E-state index contributed by atoms with van der Waals surface area (Å²) in [6.07, 6.45) is -4.60. The number of anilines is 1. The van der Waals surface area contributed by atoms with E-state index >= 15 is 0 Å². The molecule has 164 valence electrons. The number of pyridine rings is 1. The van der Waals surface area contributed by atoms with E-state index in [9.17, 15) is 26.7 Å². The molecular weight excluding hydrogens is 435 g/mol. The van der Waals surface area contributed by atoms with Gasteiger partial charge < -0.3 is 15.5 Å². The quantitative estimate of drug-likeness (QED) is 0.442. The van der Waals surface area contributed by atoms with Crippen LogP contribution in [0.15, 0.2) is 52.9 Å². The number of carbonyl (C=O) groups is 1. The SMILES string of the molecule is Nc1oc(-c2cccc3nc(C(F)(F)F)ccc23)nc1C(=O)NCc1ccc(F)cc1F. The van der Waals surface area contributed by atoms with E-state index in [2.05, 4.69) is 15.3 Å². The highest BCUT2D eigenvalue weighted by molar-refractivity contribution is 5.98. The Labute approximate surface area is 176 Å². The van der Waals surface area contributed by atoms with E-state index in [0.717, 1.165) is 12.1 Å². The number of nitrogens with one attached hydrogen (secondary N) is 1. The molecule has 0 bridgehead atoms. The zero-order valence-corrected chi connectivity index (χ0v) is 16.0. The van der Waals surface area contributed by atoms with Gasteiger partial charge in [-0.2, -0.15) is 13.2 Å². The molecule has 0 atom stereocenters. The number of halogens is 5. The van der Waals surface area contributed by atoms with Gasteiger partial charge in [-0.25, -0.2) is 18.7 Å². The number of aromatic nitrogens is 2. The number of hydrogen-bond acceptors (Lipinski definition) is 5. The largest absolute Gasteiger partial charge is 0.433 e. The maximum Gasteiger partial charge on any atom is 0.433 e. The molecule has 1 amide bonds. The van der Waals surface area contributed by atoms with Crippen molar-refractivity contribution in [1.29, 1.82) is 0 Å². The molecule has 11 heteroatoms. The number of carbonyl (C=O) groups excluding carboxylic acids is 1. The minimum atomic E-state index is -4.60. The molecule has 3 N–H and O–H groups in total. The highest BCUT2D eigenvalue weighted by atomic mass is 19.4. The van der Waals surface area contributed by atoms with Gasteiger partial charge in [0.05, 0.1) is 5.52 Å². The van der Waals surface area contributed by atoms with Crippen molar-refractivity contribution in [2.24, 2.45) is 0 Å². The Morgan fingerprint density at radius 2 is 1.84 bits per heavy atom. The minimum Gasteiger partial charge on any atom is -0.420 e. The van der Waals surface area contributed by atoms with Gasteiger partial charge in [0.15, 0.2) is 5.69 Å². The maximum atomic E-state index is 13.7. The third-order valence-corrected chi connectivity index (χ3v) is 4.58. The fraction of sp³-hybridized carbons (Fsp3) is 0.0952. The molecule has 0 saturated heterocycles. The first-order valence-corrected chi connectivity index (χ1v) is 9.09. The minimum absolute atomic E-state index is 0.0441. The normalized spacial score (nSPS) is 11.7. The smallest absolute Gasteiger partial charge is 0.420 e. The van der Waals surface area contributed by atoms with Crippen LogP contribution in [0.5, 0.6) is 0 Å². The summed E-state index contributed by atoms with van der Waals surface area (Å²) in [6, 6.07) is 9.34. The van der Waals surface area contributed by atoms with Gasteiger partial charge in [-0.1, -0.05) is 12.1 Å². The second kappa shape index (κ2) is 7.91. The number of nitrogens with zero attached hydrogens (tertiary/aromatic N) is 2. The molecule has 0 radical (unpaired) electrons. The average molecular weight is 448 g/mol. The van der Waals surface area contributed by atoms with Crippen molar-refractivity contribution in [2.45, 2.75) is 12.7 Å². The highest BCUT2D eigenvalue weighted by Gasteiger charge is 2.32. The lowest BCUT2D eigenvalue weighted by Crippen LogP contribution is -2.24. The van der Waals surface area contributed by atoms with Crippen LogP contribution in [-0.2, 0) is 12.7 Å². The summed E-state index contributed by atoms with van der Waals surface area (Å²) in [5.74, 6) is -2.81. The van der Waals surface area contributed by atoms with Crippen LogP contribution in [0.1, 0.15) is 21.7 Å². The number of benzene rings is 2. The molecule has 0 aliphatic carbocycles. The fourth-order valence-corrected chi connectivity index (χ4v) is 3.03. The Hall–Kier alpha value is -4.02. The molecule has 2 aromatic heterocycles. The van der Waals surface area contributed by atoms with Crippen molar-refractivity contribution in [3.05, 3.63) is 77.1 Å². The van der Waals surface area contributed by atoms with Crippen molar-refractivity contribution in [3.8, 4) is 11.5 Å². The summed E-state index contributed by atoms with van der Waals surface area (Å²) in [5, 5.41) is 2.71. The third kappa shape index (κ3) is 4.09. The molecule has 0 aliphatic heterocycles. The van der Waals surface area contributed by atoms with Gasteiger partial charge >= 0.3 is 6.18 Å². The van der Waals surface area contributed by atoms with Crippen LogP contribution in [-0.4, -0.2) is 15.9 Å². The van der Waals surface area contributed by atoms with Crippen molar-refractivity contribution >= 4 is 22.7 Å². The molecule has 32 heavy (non-hydrogen) atoms. The van der Waals surface area contributed by atoms with Crippen LogP contribution >= 0.6 is 0 Å². The zero-order valence-electron chi connectivity index (χ0n) is 16.0. The second-order valence-corrected chi connectivity index (χ2v) is 6.72. The molecule has 0 spiro atoms. The number of hydrogen-bond donors (Lipinski definition) is 2.